The largest absolute Gasteiger partial charge is 0.507 e. The van der Waals surface area contributed by atoms with Crippen molar-refractivity contribution in [2.75, 3.05) is 24.3 Å². The van der Waals surface area contributed by atoms with Crippen molar-refractivity contribution in [3.05, 3.63) is 76.9 Å². The number of aldehydes is 1. The maximum absolute atomic E-state index is 11.8. The number of amides is 1. The molecule has 184 valence electrons. The molecule has 1 amide bonds. The molecular formula is C27H26N4O5. The zero-order valence-corrected chi connectivity index (χ0v) is 20.3. The number of hydrogen-bond acceptors (Lipinski definition) is 7. The van der Waals surface area contributed by atoms with Crippen LogP contribution in [-0.4, -0.2) is 48.2 Å². The molecule has 0 fully saturated rings. The van der Waals surface area contributed by atoms with Crippen molar-refractivity contribution in [3.63, 3.8) is 0 Å². The highest BCUT2D eigenvalue weighted by molar-refractivity contribution is 6.35. The smallest absolute Gasteiger partial charge is 0.337 e. The molecule has 0 aliphatic rings. The lowest BCUT2D eigenvalue weighted by Crippen LogP contribution is -2.24. The van der Waals surface area contributed by atoms with Crippen LogP contribution in [0.15, 0.2) is 54.6 Å². The Balaban J connectivity index is 0.000000297. The van der Waals surface area contributed by atoms with Crippen molar-refractivity contribution in [1.29, 1.82) is 10.7 Å². The molecule has 0 saturated heterocycles. The van der Waals surface area contributed by atoms with E-state index in [0.717, 1.165) is 11.1 Å². The fraction of sp³-hybridized carbons (Fsp3) is 0.148. The molecule has 0 aliphatic carbocycles. The van der Waals surface area contributed by atoms with Crippen molar-refractivity contribution in [1.82, 2.24) is 0 Å². The van der Waals surface area contributed by atoms with Crippen LogP contribution in [0.1, 0.15) is 34.0 Å². The summed E-state index contributed by atoms with van der Waals surface area (Å²) >= 11 is 0. The van der Waals surface area contributed by atoms with Gasteiger partial charge in [0.25, 0.3) is 0 Å². The Morgan fingerprint density at radius 3 is 2.28 bits per heavy atom. The van der Waals surface area contributed by atoms with E-state index >= 15 is 0 Å². The minimum Gasteiger partial charge on any atom is -0.507 e. The average molecular weight is 487 g/mol. The summed E-state index contributed by atoms with van der Waals surface area (Å²) < 4.78 is 0. The van der Waals surface area contributed by atoms with E-state index in [2.05, 4.69) is 5.32 Å². The van der Waals surface area contributed by atoms with Crippen LogP contribution < -0.4 is 10.2 Å². The van der Waals surface area contributed by atoms with Gasteiger partial charge in [-0.2, -0.15) is 5.26 Å². The van der Waals surface area contributed by atoms with Gasteiger partial charge in [0.2, 0.25) is 5.91 Å². The molecule has 0 aliphatic heterocycles. The Morgan fingerprint density at radius 2 is 1.75 bits per heavy atom. The molecular weight excluding hydrogens is 460 g/mol. The fourth-order valence-electron chi connectivity index (χ4n) is 3.40. The van der Waals surface area contributed by atoms with Crippen LogP contribution in [0.3, 0.4) is 0 Å². The summed E-state index contributed by atoms with van der Waals surface area (Å²) in [5, 5.41) is 37.9. The molecule has 3 aromatic rings. The first-order valence-corrected chi connectivity index (χ1v) is 10.7. The molecule has 0 atom stereocenters. The van der Waals surface area contributed by atoms with E-state index in [1.807, 2.05) is 37.3 Å². The van der Waals surface area contributed by atoms with Crippen molar-refractivity contribution < 1.29 is 24.6 Å². The number of carboxylic acids is 1. The number of nitriles is 1. The maximum atomic E-state index is 11.8. The number of rotatable bonds is 6. The standard InChI is InChI=1S/C18H18N2O3.C9H8N2O2/c1-11-6-4-5-7-13(11)14-9-18(23)15(16(19)10-21)8-17(14)20(3)12(2)22;1-11-8-3-2-6(5-10)4-7(8)9(12)13/h4-10,19,23H,1-3H3;2-4,11H,1H3,(H,12,13). The second kappa shape index (κ2) is 11.9. The van der Waals surface area contributed by atoms with Gasteiger partial charge in [-0.15, -0.1) is 0 Å². The molecule has 0 spiro atoms. The van der Waals surface area contributed by atoms with E-state index in [4.69, 9.17) is 15.8 Å². The molecule has 9 nitrogen and oxygen atoms in total. The first kappa shape index (κ1) is 27.3. The SMILES string of the molecule is CC(=O)N(C)c1cc(C(=N)C=O)c(O)cc1-c1ccccc1C.CNc1ccc(C#N)cc1C(=O)O. The Morgan fingerprint density at radius 1 is 1.08 bits per heavy atom. The van der Waals surface area contributed by atoms with Gasteiger partial charge in [0.1, 0.15) is 11.5 Å². The molecule has 0 heterocycles. The zero-order valence-electron chi connectivity index (χ0n) is 20.3. The molecule has 0 bridgehead atoms. The van der Waals surface area contributed by atoms with Crippen LogP contribution >= 0.6 is 0 Å². The monoisotopic (exact) mass is 486 g/mol. The van der Waals surface area contributed by atoms with Gasteiger partial charge >= 0.3 is 5.97 Å². The number of aryl methyl sites for hydroxylation is 1. The van der Waals surface area contributed by atoms with Gasteiger partial charge in [0.15, 0.2) is 6.29 Å². The van der Waals surface area contributed by atoms with Crippen molar-refractivity contribution >= 4 is 35.2 Å². The van der Waals surface area contributed by atoms with E-state index in [1.165, 1.54) is 30.0 Å². The van der Waals surface area contributed by atoms with Crippen LogP contribution in [0.25, 0.3) is 11.1 Å². The molecule has 3 rings (SSSR count). The van der Waals surface area contributed by atoms with E-state index in [9.17, 15) is 19.5 Å². The minimum atomic E-state index is -1.04. The number of carbonyl (C=O) groups excluding carboxylic acids is 2. The fourth-order valence-corrected chi connectivity index (χ4v) is 3.40. The Hall–Kier alpha value is -4.97. The molecule has 0 radical (unpaired) electrons. The van der Waals surface area contributed by atoms with Crippen LogP contribution in [-0.2, 0) is 9.59 Å². The van der Waals surface area contributed by atoms with Crippen molar-refractivity contribution in [2.24, 2.45) is 0 Å². The molecule has 0 aromatic heterocycles. The summed E-state index contributed by atoms with van der Waals surface area (Å²) in [6.07, 6.45) is 0.361. The van der Waals surface area contributed by atoms with Gasteiger partial charge in [-0.25, -0.2) is 4.79 Å². The van der Waals surface area contributed by atoms with Gasteiger partial charge in [-0.3, -0.25) is 15.0 Å². The molecule has 4 N–H and O–H groups in total. The number of nitrogens with one attached hydrogen (secondary N) is 2. The summed E-state index contributed by atoms with van der Waals surface area (Å²) in [6, 6.07) is 17.0. The summed E-state index contributed by atoms with van der Waals surface area (Å²) in [5.74, 6) is -1.39. The second-order valence-corrected chi connectivity index (χ2v) is 7.74. The van der Waals surface area contributed by atoms with Crippen molar-refractivity contribution in [3.8, 4) is 22.9 Å². The van der Waals surface area contributed by atoms with Crippen LogP contribution in [0.4, 0.5) is 11.4 Å². The average Bonchev–Trinajstić information content (AvgIpc) is 2.87. The van der Waals surface area contributed by atoms with E-state index in [-0.39, 0.29) is 28.5 Å². The number of hydrogen-bond donors (Lipinski definition) is 4. The van der Waals surface area contributed by atoms with Crippen LogP contribution in [0.2, 0.25) is 0 Å². The predicted octanol–water partition coefficient (Wildman–Crippen LogP) is 4.22. The molecule has 0 unspecified atom stereocenters. The highest BCUT2D eigenvalue weighted by Gasteiger charge is 2.19. The summed E-state index contributed by atoms with van der Waals surface area (Å²) in [7, 11) is 3.25. The van der Waals surface area contributed by atoms with Gasteiger partial charge in [-0.05, 0) is 48.4 Å². The third kappa shape index (κ3) is 6.12. The third-order valence-corrected chi connectivity index (χ3v) is 5.44. The number of benzene rings is 3. The van der Waals surface area contributed by atoms with Gasteiger partial charge in [0.05, 0.1) is 22.9 Å². The van der Waals surface area contributed by atoms with Gasteiger partial charge in [-0.1, -0.05) is 24.3 Å². The number of phenols is 1. The topological polar surface area (TPSA) is 155 Å². The molecule has 9 heteroatoms. The number of aromatic hydroxyl groups is 1. The summed E-state index contributed by atoms with van der Waals surface area (Å²) in [4.78, 5) is 34.8. The summed E-state index contributed by atoms with van der Waals surface area (Å²) in [6.45, 7) is 3.37. The Kier molecular flexibility index (Phi) is 9.05. The molecule has 0 saturated carbocycles. The van der Waals surface area contributed by atoms with Crippen LogP contribution in [0, 0.1) is 23.7 Å². The maximum Gasteiger partial charge on any atom is 0.337 e. The highest BCUT2D eigenvalue weighted by Crippen LogP contribution is 2.37. The Bertz CT molecular complexity index is 1380. The lowest BCUT2D eigenvalue weighted by molar-refractivity contribution is -0.116. The number of nitrogens with zero attached hydrogens (tertiary/aromatic N) is 2. The number of anilines is 2. The second-order valence-electron chi connectivity index (χ2n) is 7.74. The van der Waals surface area contributed by atoms with E-state index < -0.39 is 5.97 Å². The third-order valence-electron chi connectivity index (χ3n) is 5.44. The van der Waals surface area contributed by atoms with Gasteiger partial charge in [0, 0.05) is 37.8 Å². The molecule has 3 aromatic carbocycles. The lowest BCUT2D eigenvalue weighted by Gasteiger charge is -2.22. The van der Waals surface area contributed by atoms with E-state index in [0.29, 0.717) is 28.8 Å². The van der Waals surface area contributed by atoms with Crippen LogP contribution in [0.5, 0.6) is 5.75 Å². The number of phenolic OH excluding ortho intramolecular Hbond substituents is 1. The molecule has 36 heavy (non-hydrogen) atoms. The minimum absolute atomic E-state index is 0.0976. The number of carboxylic acid groups (broad SMARTS) is 1. The normalized spacial score (nSPS) is 9.75. The van der Waals surface area contributed by atoms with E-state index in [1.54, 1.807) is 26.2 Å². The quantitative estimate of drug-likeness (QED) is 0.300. The Labute approximate surface area is 208 Å². The highest BCUT2D eigenvalue weighted by atomic mass is 16.4. The summed E-state index contributed by atoms with van der Waals surface area (Å²) in [5.41, 5.74) is 3.78. The zero-order chi connectivity index (χ0) is 27.0. The van der Waals surface area contributed by atoms with Crippen molar-refractivity contribution in [2.45, 2.75) is 13.8 Å². The number of aromatic carboxylic acids is 1. The predicted molar refractivity (Wildman–Crippen MR) is 138 cm³/mol. The number of carbonyl (C=O) groups is 3. The van der Waals surface area contributed by atoms with Gasteiger partial charge < -0.3 is 20.4 Å². The first-order valence-electron chi connectivity index (χ1n) is 10.7. The first-order chi connectivity index (χ1) is 17.0. The lowest BCUT2D eigenvalue weighted by atomic mass is 9.95.